The van der Waals surface area contributed by atoms with E-state index in [9.17, 15) is 24.3 Å². The number of thioether (sulfide) groups is 1. The molecule has 1 heterocycles. The smallest absolute Gasteiger partial charge is 0.308 e. The van der Waals surface area contributed by atoms with Gasteiger partial charge in [-0.1, -0.05) is 42.5 Å². The minimum absolute atomic E-state index is 0.167. The molecule has 3 unspecified atom stereocenters. The number of rotatable bonds is 10. The van der Waals surface area contributed by atoms with Gasteiger partial charge in [0.25, 0.3) is 11.8 Å². The number of carbonyl (C=O) groups excluding carboxylic acids is 4. The van der Waals surface area contributed by atoms with E-state index < -0.39 is 40.7 Å². The fourth-order valence-corrected chi connectivity index (χ4v) is 5.65. The lowest BCUT2D eigenvalue weighted by molar-refractivity contribution is -0.147. The van der Waals surface area contributed by atoms with Crippen molar-refractivity contribution < 1.29 is 29.0 Å². The van der Waals surface area contributed by atoms with Crippen LogP contribution < -0.4 is 15.4 Å². The van der Waals surface area contributed by atoms with Gasteiger partial charge in [-0.15, -0.1) is 18.3 Å². The number of carbonyl (C=O) groups is 4. The van der Waals surface area contributed by atoms with Gasteiger partial charge in [-0.05, 0) is 44.9 Å². The highest BCUT2D eigenvalue weighted by Gasteiger charge is 2.49. The second-order valence-corrected chi connectivity index (χ2v) is 11.5. The first-order valence-electron chi connectivity index (χ1n) is 12.6. The summed E-state index contributed by atoms with van der Waals surface area (Å²) in [4.78, 5) is 52.9. The third-order valence-corrected chi connectivity index (χ3v) is 7.90. The lowest BCUT2D eigenvalue weighted by Gasteiger charge is -2.33. The molecule has 1 aliphatic heterocycles. The number of benzene rings is 2. The Morgan fingerprint density at radius 1 is 1.18 bits per heavy atom. The zero-order valence-electron chi connectivity index (χ0n) is 22.6. The molecule has 1 aliphatic rings. The highest BCUT2D eigenvalue weighted by Crippen LogP contribution is 2.39. The number of ether oxygens (including phenoxy) is 1. The number of hydrogen-bond acceptors (Lipinski definition) is 7. The fourth-order valence-electron chi connectivity index (χ4n) is 4.51. The van der Waals surface area contributed by atoms with E-state index in [2.05, 4.69) is 17.2 Å². The molecule has 2 aromatic rings. The number of aliphatic hydroxyl groups excluding tert-OH is 1. The van der Waals surface area contributed by atoms with Crippen LogP contribution in [0.4, 0.5) is 0 Å². The van der Waals surface area contributed by atoms with Gasteiger partial charge >= 0.3 is 5.97 Å². The molecule has 0 aliphatic carbocycles. The van der Waals surface area contributed by atoms with Crippen LogP contribution in [0.1, 0.15) is 42.3 Å². The van der Waals surface area contributed by atoms with Crippen molar-refractivity contribution in [3.8, 4) is 5.75 Å². The van der Waals surface area contributed by atoms with Gasteiger partial charge in [-0.2, -0.15) is 0 Å². The van der Waals surface area contributed by atoms with Gasteiger partial charge in [0.15, 0.2) is 6.10 Å². The summed E-state index contributed by atoms with van der Waals surface area (Å²) in [6.45, 7) is 10.5. The molecule has 3 atom stereocenters. The van der Waals surface area contributed by atoms with Crippen LogP contribution >= 0.6 is 11.8 Å². The van der Waals surface area contributed by atoms with Crippen molar-refractivity contribution in [3.63, 3.8) is 0 Å². The van der Waals surface area contributed by atoms with Crippen LogP contribution in [-0.2, 0) is 20.8 Å². The van der Waals surface area contributed by atoms with E-state index in [1.54, 1.807) is 31.2 Å². The molecule has 39 heavy (non-hydrogen) atoms. The van der Waals surface area contributed by atoms with E-state index in [0.717, 1.165) is 5.56 Å². The zero-order valence-corrected chi connectivity index (χ0v) is 23.4. The first kappa shape index (κ1) is 29.9. The van der Waals surface area contributed by atoms with Crippen LogP contribution in [0.3, 0.4) is 0 Å². The van der Waals surface area contributed by atoms with Crippen LogP contribution in [0, 0.1) is 6.92 Å². The SMILES string of the molecule is C=CCNC(=O)C1N(C(=O)C(O)C(Cc2ccccc2)NC(=O)c2cccc(OC(C)=O)c2C)CSC1(C)C. The molecule has 1 saturated heterocycles. The van der Waals surface area contributed by atoms with Gasteiger partial charge in [0, 0.05) is 29.3 Å². The first-order valence-corrected chi connectivity index (χ1v) is 13.6. The monoisotopic (exact) mass is 553 g/mol. The summed E-state index contributed by atoms with van der Waals surface area (Å²) in [5.74, 6) is -1.59. The first-order chi connectivity index (χ1) is 18.5. The van der Waals surface area contributed by atoms with Crippen molar-refractivity contribution in [1.82, 2.24) is 15.5 Å². The Hall–Kier alpha value is -3.63. The maximum atomic E-state index is 13.7. The van der Waals surface area contributed by atoms with Crippen molar-refractivity contribution in [1.29, 1.82) is 0 Å². The number of aliphatic hydroxyl groups is 1. The molecule has 3 amide bonds. The van der Waals surface area contributed by atoms with Gasteiger partial charge in [-0.25, -0.2) is 0 Å². The van der Waals surface area contributed by atoms with Crippen molar-refractivity contribution in [2.45, 2.75) is 57.1 Å². The molecular weight excluding hydrogens is 518 g/mol. The predicted octanol–water partition coefficient (Wildman–Crippen LogP) is 2.60. The molecule has 2 aromatic carbocycles. The van der Waals surface area contributed by atoms with E-state index in [1.807, 2.05) is 44.2 Å². The van der Waals surface area contributed by atoms with E-state index in [4.69, 9.17) is 4.74 Å². The Labute approximate surface area is 233 Å². The molecule has 0 bridgehead atoms. The van der Waals surface area contributed by atoms with E-state index in [1.165, 1.54) is 23.6 Å². The van der Waals surface area contributed by atoms with Gasteiger partial charge in [0.05, 0.1) is 11.9 Å². The minimum Gasteiger partial charge on any atom is -0.426 e. The van der Waals surface area contributed by atoms with Gasteiger partial charge < -0.3 is 25.4 Å². The number of amides is 3. The summed E-state index contributed by atoms with van der Waals surface area (Å²) in [6.07, 6.45) is 0.0906. The average Bonchev–Trinajstić information content (AvgIpc) is 3.22. The summed E-state index contributed by atoms with van der Waals surface area (Å²) in [5, 5.41) is 16.9. The van der Waals surface area contributed by atoms with Crippen molar-refractivity contribution in [2.75, 3.05) is 12.4 Å². The fraction of sp³-hybridized carbons (Fsp3) is 0.379. The minimum atomic E-state index is -1.63. The predicted molar refractivity (Wildman–Crippen MR) is 150 cm³/mol. The van der Waals surface area contributed by atoms with Crippen molar-refractivity contribution in [2.24, 2.45) is 0 Å². The average molecular weight is 554 g/mol. The Bertz CT molecular complexity index is 1230. The summed E-state index contributed by atoms with van der Waals surface area (Å²) >= 11 is 1.44. The zero-order chi connectivity index (χ0) is 28.7. The van der Waals surface area contributed by atoms with Crippen LogP contribution in [-0.4, -0.2) is 69.1 Å². The number of nitrogens with one attached hydrogen (secondary N) is 2. The summed E-state index contributed by atoms with van der Waals surface area (Å²) in [5.41, 5.74) is 1.49. The van der Waals surface area contributed by atoms with E-state index in [-0.39, 0.29) is 36.1 Å². The molecular formula is C29H35N3O6S. The summed E-state index contributed by atoms with van der Waals surface area (Å²) in [7, 11) is 0. The number of esters is 1. The Morgan fingerprint density at radius 3 is 2.51 bits per heavy atom. The maximum absolute atomic E-state index is 13.7. The molecule has 0 aromatic heterocycles. The van der Waals surface area contributed by atoms with Crippen LogP contribution in [0.5, 0.6) is 5.75 Å². The third-order valence-electron chi connectivity index (χ3n) is 6.53. The maximum Gasteiger partial charge on any atom is 0.308 e. The van der Waals surface area contributed by atoms with Crippen LogP contribution in [0.2, 0.25) is 0 Å². The molecule has 9 nitrogen and oxygen atoms in total. The second-order valence-electron chi connectivity index (χ2n) is 9.86. The molecule has 0 radical (unpaired) electrons. The quantitative estimate of drug-likeness (QED) is 0.235. The lowest BCUT2D eigenvalue weighted by Crippen LogP contribution is -2.58. The molecule has 3 rings (SSSR count). The van der Waals surface area contributed by atoms with E-state index >= 15 is 0 Å². The number of hydrogen-bond donors (Lipinski definition) is 3. The second kappa shape index (κ2) is 12.9. The van der Waals surface area contributed by atoms with Gasteiger partial charge in [-0.3, -0.25) is 19.2 Å². The molecule has 0 spiro atoms. The molecule has 1 fully saturated rings. The highest BCUT2D eigenvalue weighted by molar-refractivity contribution is 8.00. The molecule has 10 heteroatoms. The highest BCUT2D eigenvalue weighted by atomic mass is 32.2. The molecule has 3 N–H and O–H groups in total. The Morgan fingerprint density at radius 2 is 1.87 bits per heavy atom. The standard InChI is InChI=1S/C29H35N3O6S/c1-6-15-30-27(36)25-29(4,5)39-17-32(25)28(37)24(34)22(16-20-11-8-7-9-12-20)31-26(35)21-13-10-14-23(18(21)2)38-19(3)33/h6-14,22,24-25,34H,1,15-17H2,2-5H3,(H,30,36)(H,31,35). The molecule has 208 valence electrons. The van der Waals surface area contributed by atoms with Crippen LogP contribution in [0.25, 0.3) is 0 Å². The van der Waals surface area contributed by atoms with Crippen molar-refractivity contribution >= 4 is 35.5 Å². The van der Waals surface area contributed by atoms with Crippen molar-refractivity contribution in [3.05, 3.63) is 77.9 Å². The van der Waals surface area contributed by atoms with Gasteiger partial charge in [0.1, 0.15) is 11.8 Å². The lowest BCUT2D eigenvalue weighted by atomic mass is 9.96. The summed E-state index contributed by atoms with van der Waals surface area (Å²) < 4.78 is 4.61. The van der Waals surface area contributed by atoms with Gasteiger partial charge in [0.2, 0.25) is 5.91 Å². The summed E-state index contributed by atoms with van der Waals surface area (Å²) in [6, 6.07) is 12.1. The normalized spacial score (nSPS) is 17.6. The Kier molecular flexibility index (Phi) is 9.93. The Balaban J connectivity index is 1.89. The largest absolute Gasteiger partial charge is 0.426 e. The topological polar surface area (TPSA) is 125 Å². The third kappa shape index (κ3) is 7.27. The van der Waals surface area contributed by atoms with Crippen LogP contribution in [0.15, 0.2) is 61.2 Å². The molecule has 0 saturated carbocycles. The number of nitrogens with zero attached hydrogens (tertiary/aromatic N) is 1. The van der Waals surface area contributed by atoms with E-state index in [0.29, 0.717) is 5.56 Å².